The Morgan fingerprint density at radius 2 is 2.21 bits per heavy atom. The first-order valence-electron chi connectivity index (χ1n) is 7.04. The number of non-ortho nitro benzene ring substituents is 1. The fourth-order valence-corrected chi connectivity index (χ4v) is 2.67. The van der Waals surface area contributed by atoms with Crippen molar-refractivity contribution in [2.75, 3.05) is 5.43 Å². The zero-order valence-corrected chi connectivity index (χ0v) is 13.5. The second-order valence-corrected chi connectivity index (χ2v) is 5.75. The van der Waals surface area contributed by atoms with E-state index in [1.165, 1.54) is 23.5 Å². The van der Waals surface area contributed by atoms with Crippen LogP contribution in [0.3, 0.4) is 0 Å². The van der Waals surface area contributed by atoms with Crippen LogP contribution in [0.5, 0.6) is 0 Å². The van der Waals surface area contributed by atoms with Crippen LogP contribution in [0.1, 0.15) is 12.5 Å². The van der Waals surface area contributed by atoms with Gasteiger partial charge in [0.15, 0.2) is 0 Å². The number of aromatic nitrogens is 2. The molecule has 3 rings (SSSR count). The highest BCUT2D eigenvalue weighted by Crippen LogP contribution is 2.27. The standard InChI is InChI=1S/C16H13N5O2S/c1-11(13-5-3-7-17-9-13)19-20-16-18-15(10-24-16)12-4-2-6-14(8-12)21(22)23/h2-10H,1H3,(H,18,20)/b19-11+. The van der Waals surface area contributed by atoms with Crippen LogP contribution in [0.2, 0.25) is 0 Å². The maximum absolute atomic E-state index is 10.9. The van der Waals surface area contributed by atoms with Gasteiger partial charge in [0, 0.05) is 41.0 Å². The molecule has 0 fully saturated rings. The van der Waals surface area contributed by atoms with Gasteiger partial charge in [-0.1, -0.05) is 18.2 Å². The van der Waals surface area contributed by atoms with E-state index in [-0.39, 0.29) is 5.69 Å². The summed E-state index contributed by atoms with van der Waals surface area (Å²) < 4.78 is 0. The lowest BCUT2D eigenvalue weighted by atomic mass is 10.1. The van der Waals surface area contributed by atoms with Crippen molar-refractivity contribution in [3.05, 3.63) is 69.8 Å². The van der Waals surface area contributed by atoms with Crippen LogP contribution in [0.15, 0.2) is 59.3 Å². The lowest BCUT2D eigenvalue weighted by Crippen LogP contribution is -1.99. The van der Waals surface area contributed by atoms with Crippen molar-refractivity contribution in [1.29, 1.82) is 0 Å². The van der Waals surface area contributed by atoms with E-state index in [1.54, 1.807) is 24.5 Å². The van der Waals surface area contributed by atoms with Crippen molar-refractivity contribution in [3.63, 3.8) is 0 Å². The molecule has 2 heterocycles. The number of nitro groups is 1. The zero-order valence-electron chi connectivity index (χ0n) is 12.7. The van der Waals surface area contributed by atoms with Gasteiger partial charge in [-0.3, -0.25) is 20.5 Å². The first-order valence-corrected chi connectivity index (χ1v) is 7.92. The van der Waals surface area contributed by atoms with E-state index < -0.39 is 4.92 Å². The highest BCUT2D eigenvalue weighted by atomic mass is 32.1. The van der Waals surface area contributed by atoms with E-state index in [1.807, 2.05) is 24.4 Å². The highest BCUT2D eigenvalue weighted by molar-refractivity contribution is 7.14. The third kappa shape index (κ3) is 3.61. The van der Waals surface area contributed by atoms with Crippen LogP contribution in [0, 0.1) is 10.1 Å². The molecule has 24 heavy (non-hydrogen) atoms. The number of nitrogens with one attached hydrogen (secondary N) is 1. The first-order chi connectivity index (χ1) is 11.6. The average Bonchev–Trinajstić information content (AvgIpc) is 3.09. The zero-order chi connectivity index (χ0) is 16.9. The largest absolute Gasteiger partial charge is 0.270 e. The molecule has 0 radical (unpaired) electrons. The number of thiazole rings is 1. The number of nitro benzene ring substituents is 1. The van der Waals surface area contributed by atoms with E-state index in [9.17, 15) is 10.1 Å². The fraction of sp³-hybridized carbons (Fsp3) is 0.0625. The quantitative estimate of drug-likeness (QED) is 0.431. The second-order valence-electron chi connectivity index (χ2n) is 4.90. The van der Waals surface area contributed by atoms with Gasteiger partial charge in [0.1, 0.15) is 0 Å². The minimum atomic E-state index is -0.420. The molecule has 2 aromatic heterocycles. The van der Waals surface area contributed by atoms with E-state index in [4.69, 9.17) is 0 Å². The van der Waals surface area contributed by atoms with Crippen LogP contribution in [-0.2, 0) is 0 Å². The Bertz CT molecular complexity index is 892. The molecule has 0 aliphatic carbocycles. The normalized spacial score (nSPS) is 11.3. The Hall–Kier alpha value is -3.13. The number of hydrogen-bond donors (Lipinski definition) is 1. The van der Waals surface area contributed by atoms with Crippen molar-refractivity contribution in [3.8, 4) is 11.3 Å². The van der Waals surface area contributed by atoms with Crippen molar-refractivity contribution in [1.82, 2.24) is 9.97 Å². The van der Waals surface area contributed by atoms with Crippen molar-refractivity contribution < 1.29 is 4.92 Å². The molecule has 3 aromatic rings. The number of nitrogens with zero attached hydrogens (tertiary/aromatic N) is 4. The van der Waals surface area contributed by atoms with Gasteiger partial charge >= 0.3 is 0 Å². The number of anilines is 1. The molecule has 120 valence electrons. The minimum absolute atomic E-state index is 0.0421. The molecule has 0 amide bonds. The smallest absolute Gasteiger partial charge is 0.264 e. The van der Waals surface area contributed by atoms with Gasteiger partial charge in [0.05, 0.1) is 16.3 Å². The van der Waals surface area contributed by atoms with Gasteiger partial charge in [0.25, 0.3) is 5.69 Å². The second kappa shape index (κ2) is 6.97. The first kappa shape index (κ1) is 15.8. The summed E-state index contributed by atoms with van der Waals surface area (Å²) in [7, 11) is 0. The Kier molecular flexibility index (Phi) is 4.57. The molecule has 0 saturated heterocycles. The Balaban J connectivity index is 1.76. The summed E-state index contributed by atoms with van der Waals surface area (Å²) in [5.74, 6) is 0. The summed E-state index contributed by atoms with van der Waals surface area (Å²) in [5.41, 5.74) is 6.01. The van der Waals surface area contributed by atoms with Crippen LogP contribution in [0.25, 0.3) is 11.3 Å². The summed E-state index contributed by atoms with van der Waals surface area (Å²) in [6, 6.07) is 10.2. The molecule has 0 bridgehead atoms. The molecule has 0 aliphatic rings. The predicted octanol–water partition coefficient (Wildman–Crippen LogP) is 3.95. The van der Waals surface area contributed by atoms with Crippen molar-refractivity contribution in [2.24, 2.45) is 5.10 Å². The molecule has 0 spiro atoms. The topological polar surface area (TPSA) is 93.3 Å². The molecular weight excluding hydrogens is 326 g/mol. The Labute approximate surface area is 141 Å². The Morgan fingerprint density at radius 1 is 1.33 bits per heavy atom. The van der Waals surface area contributed by atoms with Gasteiger partial charge in [-0.25, -0.2) is 4.98 Å². The van der Waals surface area contributed by atoms with Crippen LogP contribution < -0.4 is 5.43 Å². The summed E-state index contributed by atoms with van der Waals surface area (Å²) in [6.07, 6.45) is 3.44. The molecule has 1 N–H and O–H groups in total. The summed E-state index contributed by atoms with van der Waals surface area (Å²) in [6.45, 7) is 1.87. The number of rotatable bonds is 5. The average molecular weight is 339 g/mol. The third-order valence-corrected chi connectivity index (χ3v) is 4.00. The van der Waals surface area contributed by atoms with Gasteiger partial charge in [-0.05, 0) is 13.0 Å². The number of benzene rings is 1. The van der Waals surface area contributed by atoms with E-state index in [0.717, 1.165) is 11.3 Å². The van der Waals surface area contributed by atoms with Gasteiger partial charge < -0.3 is 0 Å². The van der Waals surface area contributed by atoms with Gasteiger partial charge in [-0.2, -0.15) is 5.10 Å². The van der Waals surface area contributed by atoms with Crippen molar-refractivity contribution in [2.45, 2.75) is 6.92 Å². The molecule has 7 nitrogen and oxygen atoms in total. The van der Waals surface area contributed by atoms with E-state index >= 15 is 0 Å². The van der Waals surface area contributed by atoms with E-state index in [0.29, 0.717) is 16.4 Å². The van der Waals surface area contributed by atoms with Gasteiger partial charge in [0.2, 0.25) is 5.13 Å². The van der Waals surface area contributed by atoms with Crippen LogP contribution in [0.4, 0.5) is 10.8 Å². The molecule has 0 unspecified atom stereocenters. The summed E-state index contributed by atoms with van der Waals surface area (Å²) >= 11 is 1.38. The van der Waals surface area contributed by atoms with Gasteiger partial charge in [-0.15, -0.1) is 11.3 Å². The molecule has 0 aliphatic heterocycles. The SMILES string of the molecule is C/C(=N\Nc1nc(-c2cccc([N+](=O)[O-])c2)cs1)c1cccnc1. The number of hydrogen-bond acceptors (Lipinski definition) is 7. The molecule has 8 heteroatoms. The fourth-order valence-electron chi connectivity index (χ4n) is 2.01. The van der Waals surface area contributed by atoms with Crippen LogP contribution in [-0.4, -0.2) is 20.6 Å². The molecular formula is C16H13N5O2S. The summed E-state index contributed by atoms with van der Waals surface area (Å²) in [5, 5.41) is 17.6. The lowest BCUT2D eigenvalue weighted by molar-refractivity contribution is -0.384. The minimum Gasteiger partial charge on any atom is -0.264 e. The molecule has 0 saturated carbocycles. The highest BCUT2D eigenvalue weighted by Gasteiger charge is 2.10. The number of pyridine rings is 1. The predicted molar refractivity (Wildman–Crippen MR) is 94.3 cm³/mol. The third-order valence-electron chi connectivity index (χ3n) is 3.26. The maximum atomic E-state index is 10.9. The lowest BCUT2D eigenvalue weighted by Gasteiger charge is -2.00. The van der Waals surface area contributed by atoms with Crippen LogP contribution >= 0.6 is 11.3 Å². The van der Waals surface area contributed by atoms with E-state index in [2.05, 4.69) is 20.5 Å². The van der Waals surface area contributed by atoms with Crippen molar-refractivity contribution >= 4 is 27.9 Å². The monoisotopic (exact) mass is 339 g/mol. The Morgan fingerprint density at radius 3 is 2.96 bits per heavy atom. The molecule has 1 aromatic carbocycles. The maximum Gasteiger partial charge on any atom is 0.270 e. The molecule has 0 atom stereocenters. The number of hydrazone groups is 1. The summed E-state index contributed by atoms with van der Waals surface area (Å²) in [4.78, 5) is 18.9.